The predicted molar refractivity (Wildman–Crippen MR) is 148 cm³/mol. The quantitative estimate of drug-likeness (QED) is 0.318. The summed E-state index contributed by atoms with van der Waals surface area (Å²) in [5, 5.41) is 7.19. The molecule has 0 bridgehead atoms. The highest BCUT2D eigenvalue weighted by Crippen LogP contribution is 2.56. The maximum atomic E-state index is 3.65. The van der Waals surface area contributed by atoms with E-state index in [0.29, 0.717) is 29.3 Å². The van der Waals surface area contributed by atoms with Gasteiger partial charge in [-0.05, 0) is 70.6 Å². The molecule has 1 saturated carbocycles. The second kappa shape index (κ2) is 11.4. The van der Waals surface area contributed by atoms with Crippen molar-refractivity contribution < 1.29 is 0 Å². The van der Waals surface area contributed by atoms with Gasteiger partial charge in [0.2, 0.25) is 0 Å². The van der Waals surface area contributed by atoms with E-state index >= 15 is 0 Å². The molecular weight excluding hydrogens is 412 g/mol. The summed E-state index contributed by atoms with van der Waals surface area (Å²) in [6.45, 7) is 20.6. The molecule has 2 nitrogen and oxygen atoms in total. The van der Waals surface area contributed by atoms with Gasteiger partial charge in [-0.3, -0.25) is 0 Å². The highest BCUT2D eigenvalue weighted by molar-refractivity contribution is 5.39. The molecule has 0 aliphatic heterocycles. The minimum atomic E-state index is 0.201. The van der Waals surface area contributed by atoms with Crippen LogP contribution in [0.25, 0.3) is 0 Å². The van der Waals surface area contributed by atoms with Crippen LogP contribution in [0.5, 0.6) is 0 Å². The molecule has 2 aromatic carbocycles. The van der Waals surface area contributed by atoms with Gasteiger partial charge in [0.05, 0.1) is 0 Å². The van der Waals surface area contributed by atoms with Crippen molar-refractivity contribution in [3.05, 3.63) is 70.8 Å². The van der Waals surface area contributed by atoms with Gasteiger partial charge in [0, 0.05) is 25.2 Å². The van der Waals surface area contributed by atoms with Crippen LogP contribution in [0.1, 0.15) is 103 Å². The first-order valence-corrected chi connectivity index (χ1v) is 13.7. The normalized spacial score (nSPS) is 17.9. The fraction of sp³-hybridized carbons (Fsp3) is 0.625. The molecule has 2 atom stereocenters. The van der Waals surface area contributed by atoms with E-state index in [0.717, 1.165) is 13.1 Å². The molecule has 0 amide bonds. The van der Waals surface area contributed by atoms with Crippen molar-refractivity contribution in [2.24, 2.45) is 11.8 Å². The van der Waals surface area contributed by atoms with Crippen LogP contribution in [0.2, 0.25) is 0 Å². The number of nitrogens with one attached hydrogen (secondary N) is 2. The minimum absolute atomic E-state index is 0.201. The van der Waals surface area contributed by atoms with E-state index < -0.39 is 0 Å². The third kappa shape index (κ3) is 6.32. The zero-order valence-corrected chi connectivity index (χ0v) is 23.2. The predicted octanol–water partition coefficient (Wildman–Crippen LogP) is 7.74. The monoisotopic (exact) mass is 462 g/mol. The molecule has 1 fully saturated rings. The molecule has 2 unspecified atom stereocenters. The second-order valence-corrected chi connectivity index (χ2v) is 12.1. The molecule has 0 heterocycles. The van der Waals surface area contributed by atoms with E-state index in [1.54, 1.807) is 5.56 Å². The molecule has 0 spiro atoms. The largest absolute Gasteiger partial charge is 0.310 e. The highest BCUT2D eigenvalue weighted by Gasteiger charge is 2.49. The maximum absolute atomic E-state index is 3.65. The summed E-state index contributed by atoms with van der Waals surface area (Å²) in [5.74, 6) is 1.30. The van der Waals surface area contributed by atoms with Crippen molar-refractivity contribution in [2.75, 3.05) is 0 Å². The fourth-order valence-corrected chi connectivity index (χ4v) is 5.52. The summed E-state index contributed by atoms with van der Waals surface area (Å²) in [7, 11) is 0. The fourth-order valence-electron chi connectivity index (χ4n) is 5.52. The Balaban J connectivity index is 1.72. The maximum Gasteiger partial charge on any atom is 0.0210 e. The molecule has 3 rings (SSSR count). The first kappa shape index (κ1) is 27.0. The zero-order chi connectivity index (χ0) is 24.9. The van der Waals surface area contributed by atoms with E-state index in [1.165, 1.54) is 42.4 Å². The van der Waals surface area contributed by atoms with Gasteiger partial charge in [0.15, 0.2) is 0 Å². The Morgan fingerprint density at radius 3 is 1.94 bits per heavy atom. The summed E-state index contributed by atoms with van der Waals surface area (Å²) in [6, 6.07) is 19.7. The van der Waals surface area contributed by atoms with Gasteiger partial charge in [0.25, 0.3) is 0 Å². The van der Waals surface area contributed by atoms with Crippen LogP contribution < -0.4 is 10.6 Å². The van der Waals surface area contributed by atoms with Gasteiger partial charge in [0.1, 0.15) is 0 Å². The van der Waals surface area contributed by atoms with Crippen molar-refractivity contribution >= 4 is 0 Å². The Hall–Kier alpha value is -1.64. The third-order valence-corrected chi connectivity index (χ3v) is 8.69. The minimum Gasteiger partial charge on any atom is -0.310 e. The van der Waals surface area contributed by atoms with Crippen LogP contribution in [0, 0.1) is 11.8 Å². The average Bonchev–Trinajstić information content (AvgIpc) is 3.62. The lowest BCUT2D eigenvalue weighted by molar-refractivity contribution is 0.268. The average molecular weight is 463 g/mol. The third-order valence-electron chi connectivity index (χ3n) is 8.69. The number of hydrogen-bond donors (Lipinski definition) is 2. The summed E-state index contributed by atoms with van der Waals surface area (Å²) in [4.78, 5) is 0. The molecule has 34 heavy (non-hydrogen) atoms. The van der Waals surface area contributed by atoms with Crippen molar-refractivity contribution in [3.63, 3.8) is 0 Å². The molecule has 0 aromatic heterocycles. The van der Waals surface area contributed by atoms with E-state index in [2.05, 4.69) is 115 Å². The SMILES string of the molecule is CC(C)NCc1ccc(C(C)(CCC(C)C2(c3ccccc3CNC(C)C)CC2)C(C)C)cc1. The molecule has 0 radical (unpaired) electrons. The lowest BCUT2D eigenvalue weighted by Crippen LogP contribution is -2.31. The van der Waals surface area contributed by atoms with Gasteiger partial charge < -0.3 is 10.6 Å². The summed E-state index contributed by atoms with van der Waals surface area (Å²) in [6.07, 6.45) is 5.19. The van der Waals surface area contributed by atoms with Crippen LogP contribution in [-0.4, -0.2) is 12.1 Å². The molecule has 1 aliphatic carbocycles. The Morgan fingerprint density at radius 2 is 1.38 bits per heavy atom. The van der Waals surface area contributed by atoms with Gasteiger partial charge in [-0.25, -0.2) is 0 Å². The highest BCUT2D eigenvalue weighted by atomic mass is 14.9. The van der Waals surface area contributed by atoms with Crippen molar-refractivity contribution in [1.82, 2.24) is 10.6 Å². The zero-order valence-electron chi connectivity index (χ0n) is 23.2. The number of rotatable bonds is 13. The first-order chi connectivity index (χ1) is 16.1. The van der Waals surface area contributed by atoms with Gasteiger partial charge in [-0.1, -0.05) is 104 Å². The molecule has 188 valence electrons. The lowest BCUT2D eigenvalue weighted by atomic mass is 9.67. The van der Waals surface area contributed by atoms with E-state index in [-0.39, 0.29) is 5.41 Å². The topological polar surface area (TPSA) is 24.1 Å². The van der Waals surface area contributed by atoms with Crippen LogP contribution in [-0.2, 0) is 23.9 Å². The molecule has 2 heteroatoms. The molecule has 2 aromatic rings. The van der Waals surface area contributed by atoms with Crippen LogP contribution in [0.4, 0.5) is 0 Å². The van der Waals surface area contributed by atoms with Crippen LogP contribution in [0.15, 0.2) is 48.5 Å². The lowest BCUT2D eigenvalue weighted by Gasteiger charge is -2.37. The smallest absolute Gasteiger partial charge is 0.0210 e. The Morgan fingerprint density at radius 1 is 0.794 bits per heavy atom. The van der Waals surface area contributed by atoms with Crippen LogP contribution in [0.3, 0.4) is 0 Å². The van der Waals surface area contributed by atoms with E-state index in [4.69, 9.17) is 0 Å². The summed E-state index contributed by atoms with van der Waals surface area (Å²) in [5.41, 5.74) is 6.54. The van der Waals surface area contributed by atoms with Crippen molar-refractivity contribution in [3.8, 4) is 0 Å². The van der Waals surface area contributed by atoms with E-state index in [9.17, 15) is 0 Å². The first-order valence-electron chi connectivity index (χ1n) is 13.7. The Bertz CT molecular complexity index is 891. The van der Waals surface area contributed by atoms with Gasteiger partial charge in [-0.2, -0.15) is 0 Å². The van der Waals surface area contributed by atoms with Gasteiger partial charge in [-0.15, -0.1) is 0 Å². The molecular formula is C32H50N2. The number of benzene rings is 2. The van der Waals surface area contributed by atoms with Crippen molar-refractivity contribution in [1.29, 1.82) is 0 Å². The summed E-state index contributed by atoms with van der Waals surface area (Å²) < 4.78 is 0. The molecule has 0 saturated heterocycles. The van der Waals surface area contributed by atoms with E-state index in [1.807, 2.05) is 0 Å². The molecule has 1 aliphatic rings. The van der Waals surface area contributed by atoms with Crippen LogP contribution >= 0.6 is 0 Å². The number of hydrogen-bond acceptors (Lipinski definition) is 2. The Labute approximate surface area is 210 Å². The van der Waals surface area contributed by atoms with Crippen molar-refractivity contribution in [2.45, 2.75) is 117 Å². The molecule has 2 N–H and O–H groups in total. The standard InChI is InChI=1S/C32H50N2/c1-23(2)31(8,29-15-13-27(14-16-29)21-33-24(3)4)18-17-26(7)32(19-20-32)30-12-10-9-11-28(30)22-34-25(5)6/h9-16,23-26,33-34H,17-22H2,1-8H3. The second-order valence-electron chi connectivity index (χ2n) is 12.1. The summed E-state index contributed by atoms with van der Waals surface area (Å²) >= 11 is 0. The van der Waals surface area contributed by atoms with Gasteiger partial charge >= 0.3 is 0 Å². The Kier molecular flexibility index (Phi) is 9.04.